The number of aliphatic hydroxyl groups excluding tert-OH is 1. The fourth-order valence-electron chi connectivity index (χ4n) is 2.09. The maximum absolute atomic E-state index is 9.56. The Bertz CT molecular complexity index is 369. The lowest BCUT2D eigenvalue weighted by atomic mass is 9.93. The third kappa shape index (κ3) is 3.98. The quantitative estimate of drug-likeness (QED) is 0.791. The van der Waals surface area contributed by atoms with Crippen molar-refractivity contribution in [2.75, 3.05) is 0 Å². The molecule has 17 heavy (non-hydrogen) atoms. The van der Waals surface area contributed by atoms with Crippen molar-refractivity contribution in [3.8, 4) is 5.75 Å². The highest BCUT2D eigenvalue weighted by molar-refractivity contribution is 7.80. The van der Waals surface area contributed by atoms with Gasteiger partial charge in [0.05, 0.1) is 6.10 Å². The highest BCUT2D eigenvalue weighted by atomic mass is 32.1. The van der Waals surface area contributed by atoms with Gasteiger partial charge >= 0.3 is 0 Å². The van der Waals surface area contributed by atoms with E-state index in [0.717, 1.165) is 31.4 Å². The van der Waals surface area contributed by atoms with Crippen molar-refractivity contribution in [3.63, 3.8) is 0 Å². The van der Waals surface area contributed by atoms with E-state index in [2.05, 4.69) is 5.32 Å². The summed E-state index contributed by atoms with van der Waals surface area (Å²) in [6.07, 6.45) is 3.51. The number of aliphatic hydroxyl groups is 1. The number of hydrogen-bond acceptors (Lipinski definition) is 3. The van der Waals surface area contributed by atoms with Crippen LogP contribution in [-0.4, -0.2) is 22.4 Å². The molecule has 0 aliphatic heterocycles. The lowest BCUT2D eigenvalue weighted by molar-refractivity contribution is 0.116. The standard InChI is InChI=1S/C13H17NO2S/c15-11-6-4-5-10(9-11)14-13(17)16-12-7-2-1-3-8-12/h1-3,7-8,10-11,15H,4-6,9H2,(H,14,17)/t10-,11+/m1/s1. The van der Waals surface area contributed by atoms with Crippen LogP contribution in [0, 0.1) is 0 Å². The van der Waals surface area contributed by atoms with Gasteiger partial charge in [-0.2, -0.15) is 0 Å². The summed E-state index contributed by atoms with van der Waals surface area (Å²) in [5, 5.41) is 13.1. The predicted octanol–water partition coefficient (Wildman–Crippen LogP) is 2.24. The fourth-order valence-corrected chi connectivity index (χ4v) is 2.35. The van der Waals surface area contributed by atoms with Gasteiger partial charge in [-0.3, -0.25) is 0 Å². The molecule has 2 rings (SSSR count). The molecule has 4 heteroatoms. The molecule has 0 bridgehead atoms. The van der Waals surface area contributed by atoms with Crippen LogP contribution >= 0.6 is 12.2 Å². The lowest BCUT2D eigenvalue weighted by Gasteiger charge is -2.27. The van der Waals surface area contributed by atoms with Gasteiger partial charge in [-0.15, -0.1) is 0 Å². The first-order valence-corrected chi connectivity index (χ1v) is 6.36. The Kier molecular flexibility index (Phi) is 4.34. The minimum absolute atomic E-state index is 0.208. The average Bonchev–Trinajstić information content (AvgIpc) is 2.30. The molecule has 0 heterocycles. The van der Waals surface area contributed by atoms with Crippen LogP contribution < -0.4 is 10.1 Å². The van der Waals surface area contributed by atoms with Gasteiger partial charge < -0.3 is 15.2 Å². The van der Waals surface area contributed by atoms with E-state index >= 15 is 0 Å². The number of rotatable bonds is 2. The van der Waals surface area contributed by atoms with E-state index in [0.29, 0.717) is 5.17 Å². The minimum atomic E-state index is -0.208. The Labute approximate surface area is 107 Å². The zero-order chi connectivity index (χ0) is 12.1. The number of hydrogen-bond donors (Lipinski definition) is 2. The molecule has 1 aromatic carbocycles. The second-order valence-corrected chi connectivity index (χ2v) is 4.74. The first-order chi connectivity index (χ1) is 8.24. The molecule has 0 unspecified atom stereocenters. The number of thiocarbonyl (C=S) groups is 1. The predicted molar refractivity (Wildman–Crippen MR) is 71.1 cm³/mol. The highest BCUT2D eigenvalue weighted by Gasteiger charge is 2.20. The molecule has 1 aliphatic rings. The topological polar surface area (TPSA) is 41.5 Å². The zero-order valence-electron chi connectivity index (χ0n) is 9.63. The maximum atomic E-state index is 9.56. The van der Waals surface area contributed by atoms with Gasteiger partial charge in [-0.1, -0.05) is 18.2 Å². The van der Waals surface area contributed by atoms with Gasteiger partial charge in [0.15, 0.2) is 0 Å². The van der Waals surface area contributed by atoms with E-state index in [-0.39, 0.29) is 12.1 Å². The largest absolute Gasteiger partial charge is 0.432 e. The molecule has 0 aromatic heterocycles. The molecular formula is C13H17NO2S. The normalized spacial score (nSPS) is 24.1. The smallest absolute Gasteiger partial charge is 0.262 e. The van der Waals surface area contributed by atoms with E-state index in [9.17, 15) is 5.11 Å². The van der Waals surface area contributed by atoms with Gasteiger partial charge in [0.2, 0.25) is 0 Å². The van der Waals surface area contributed by atoms with Gasteiger partial charge in [0.25, 0.3) is 5.17 Å². The molecule has 2 atom stereocenters. The molecule has 1 fully saturated rings. The Hall–Kier alpha value is -1.13. The average molecular weight is 251 g/mol. The third-order valence-corrected chi connectivity index (χ3v) is 3.12. The van der Waals surface area contributed by atoms with E-state index in [1.165, 1.54) is 0 Å². The molecule has 0 spiro atoms. The summed E-state index contributed by atoms with van der Waals surface area (Å²) < 4.78 is 5.49. The molecule has 92 valence electrons. The fraction of sp³-hybridized carbons (Fsp3) is 0.462. The van der Waals surface area contributed by atoms with Gasteiger partial charge in [0.1, 0.15) is 5.75 Å². The van der Waals surface area contributed by atoms with Crippen LogP contribution in [0.3, 0.4) is 0 Å². The summed E-state index contributed by atoms with van der Waals surface area (Å²) in [5.41, 5.74) is 0. The Morgan fingerprint density at radius 2 is 2.06 bits per heavy atom. The van der Waals surface area contributed by atoms with Crippen molar-refractivity contribution in [1.82, 2.24) is 5.32 Å². The summed E-state index contributed by atoms with van der Waals surface area (Å²) in [7, 11) is 0. The molecule has 1 aliphatic carbocycles. The number of para-hydroxylation sites is 1. The summed E-state index contributed by atoms with van der Waals surface area (Å²) in [5.74, 6) is 0.737. The summed E-state index contributed by atoms with van der Waals surface area (Å²) >= 11 is 5.14. The van der Waals surface area contributed by atoms with Crippen LogP contribution in [0.25, 0.3) is 0 Å². The van der Waals surface area contributed by atoms with Crippen molar-refractivity contribution in [2.45, 2.75) is 37.8 Å². The highest BCUT2D eigenvalue weighted by Crippen LogP contribution is 2.18. The molecule has 2 N–H and O–H groups in total. The van der Waals surface area contributed by atoms with Crippen LogP contribution in [0.1, 0.15) is 25.7 Å². The SMILES string of the molecule is O[C@H]1CCC[C@@H](NC(=S)Oc2ccccc2)C1. The second-order valence-electron chi connectivity index (χ2n) is 4.36. The monoisotopic (exact) mass is 251 g/mol. The lowest BCUT2D eigenvalue weighted by Crippen LogP contribution is -2.41. The van der Waals surface area contributed by atoms with E-state index in [4.69, 9.17) is 17.0 Å². The zero-order valence-corrected chi connectivity index (χ0v) is 10.5. The van der Waals surface area contributed by atoms with Crippen LogP contribution in [0.2, 0.25) is 0 Å². The van der Waals surface area contributed by atoms with Crippen molar-refractivity contribution >= 4 is 17.4 Å². The number of benzene rings is 1. The first-order valence-electron chi connectivity index (χ1n) is 5.95. The molecule has 0 radical (unpaired) electrons. The van der Waals surface area contributed by atoms with Crippen molar-refractivity contribution in [3.05, 3.63) is 30.3 Å². The summed E-state index contributed by atoms with van der Waals surface area (Å²) in [4.78, 5) is 0. The van der Waals surface area contributed by atoms with Crippen LogP contribution in [0.4, 0.5) is 0 Å². The molecular weight excluding hydrogens is 234 g/mol. The Morgan fingerprint density at radius 3 is 2.76 bits per heavy atom. The van der Waals surface area contributed by atoms with Crippen molar-refractivity contribution < 1.29 is 9.84 Å². The van der Waals surface area contributed by atoms with Gasteiger partial charge in [0, 0.05) is 6.04 Å². The first kappa shape index (κ1) is 12.3. The van der Waals surface area contributed by atoms with E-state index in [1.54, 1.807) is 0 Å². The third-order valence-electron chi connectivity index (χ3n) is 2.92. The van der Waals surface area contributed by atoms with Crippen LogP contribution in [0.5, 0.6) is 5.75 Å². The molecule has 0 saturated heterocycles. The molecule has 0 amide bonds. The van der Waals surface area contributed by atoms with Gasteiger partial charge in [-0.05, 0) is 50.0 Å². The Morgan fingerprint density at radius 1 is 1.29 bits per heavy atom. The maximum Gasteiger partial charge on any atom is 0.262 e. The Balaban J connectivity index is 1.81. The van der Waals surface area contributed by atoms with Gasteiger partial charge in [-0.25, -0.2) is 0 Å². The summed E-state index contributed by atoms with van der Waals surface area (Å²) in [6, 6.07) is 9.70. The van der Waals surface area contributed by atoms with Crippen LogP contribution in [0.15, 0.2) is 30.3 Å². The molecule has 1 aromatic rings. The molecule has 1 saturated carbocycles. The number of ether oxygens (including phenoxy) is 1. The number of nitrogens with one attached hydrogen (secondary N) is 1. The summed E-state index contributed by atoms with van der Waals surface area (Å²) in [6.45, 7) is 0. The second kappa shape index (κ2) is 5.98. The van der Waals surface area contributed by atoms with Crippen molar-refractivity contribution in [2.24, 2.45) is 0 Å². The van der Waals surface area contributed by atoms with Crippen molar-refractivity contribution in [1.29, 1.82) is 0 Å². The minimum Gasteiger partial charge on any atom is -0.432 e. The van der Waals surface area contributed by atoms with E-state index in [1.807, 2.05) is 30.3 Å². The molecule has 3 nitrogen and oxygen atoms in total. The van der Waals surface area contributed by atoms with E-state index < -0.39 is 0 Å². The van der Waals surface area contributed by atoms with Crippen LogP contribution in [-0.2, 0) is 0 Å².